The van der Waals surface area contributed by atoms with Gasteiger partial charge in [-0.3, -0.25) is 4.79 Å². The molecule has 3 nitrogen and oxygen atoms in total. The van der Waals surface area contributed by atoms with E-state index < -0.39 is 17.7 Å². The number of ketones is 1. The lowest BCUT2D eigenvalue weighted by Gasteiger charge is -2.02. The summed E-state index contributed by atoms with van der Waals surface area (Å²) in [5, 5.41) is -0.0706. The van der Waals surface area contributed by atoms with E-state index in [4.69, 9.17) is 11.6 Å². The molecule has 0 bridgehead atoms. The molecule has 70 valence electrons. The predicted molar refractivity (Wildman–Crippen MR) is 37.4 cm³/mol. The van der Waals surface area contributed by atoms with Crippen molar-refractivity contribution < 1.29 is 18.0 Å². The Morgan fingerprint density at radius 2 is 1.92 bits per heavy atom. The molecule has 0 saturated heterocycles. The van der Waals surface area contributed by atoms with E-state index >= 15 is 0 Å². The highest BCUT2D eigenvalue weighted by Gasteiger charge is 2.40. The SMILES string of the molecule is O=C(c1cnc(Cl)cn1)C(F)(F)F. The fraction of sp³-hybridized carbons (Fsp3) is 0.167. The van der Waals surface area contributed by atoms with E-state index in [1.54, 1.807) is 0 Å². The van der Waals surface area contributed by atoms with Crippen molar-refractivity contribution in [2.45, 2.75) is 6.18 Å². The number of Topliss-reactive ketones (excluding diaryl/α,β-unsaturated/α-hetero) is 1. The van der Waals surface area contributed by atoms with Crippen molar-refractivity contribution in [1.82, 2.24) is 9.97 Å². The third-order valence-electron chi connectivity index (χ3n) is 1.11. The van der Waals surface area contributed by atoms with Crippen LogP contribution >= 0.6 is 11.6 Å². The van der Waals surface area contributed by atoms with Gasteiger partial charge in [-0.1, -0.05) is 11.6 Å². The highest BCUT2D eigenvalue weighted by molar-refractivity contribution is 6.29. The molecule has 13 heavy (non-hydrogen) atoms. The average molecular weight is 211 g/mol. The molecule has 0 aliphatic rings. The number of carbonyl (C=O) groups excluding carboxylic acids is 1. The van der Waals surface area contributed by atoms with E-state index in [2.05, 4.69) is 9.97 Å². The fourth-order valence-corrected chi connectivity index (χ4v) is 0.672. The van der Waals surface area contributed by atoms with Gasteiger partial charge in [0, 0.05) is 0 Å². The lowest BCUT2D eigenvalue weighted by atomic mass is 10.3. The summed E-state index contributed by atoms with van der Waals surface area (Å²) in [7, 11) is 0. The maximum absolute atomic E-state index is 11.8. The van der Waals surface area contributed by atoms with Gasteiger partial charge in [0.1, 0.15) is 10.8 Å². The van der Waals surface area contributed by atoms with Crippen molar-refractivity contribution in [3.8, 4) is 0 Å². The highest BCUT2D eigenvalue weighted by Crippen LogP contribution is 2.19. The minimum atomic E-state index is -4.93. The zero-order valence-electron chi connectivity index (χ0n) is 5.97. The fourth-order valence-electron chi connectivity index (χ4n) is 0.575. The van der Waals surface area contributed by atoms with Crippen LogP contribution < -0.4 is 0 Å². The van der Waals surface area contributed by atoms with Crippen molar-refractivity contribution in [3.05, 3.63) is 23.2 Å². The molecule has 0 atom stereocenters. The average Bonchev–Trinajstić information content (AvgIpc) is 2.03. The molecule has 1 aromatic rings. The number of nitrogens with zero attached hydrogens (tertiary/aromatic N) is 2. The van der Waals surface area contributed by atoms with Crippen LogP contribution in [0.1, 0.15) is 10.5 Å². The molecule has 0 aromatic carbocycles. The van der Waals surface area contributed by atoms with Gasteiger partial charge >= 0.3 is 6.18 Å². The van der Waals surface area contributed by atoms with Gasteiger partial charge in [0.15, 0.2) is 0 Å². The van der Waals surface area contributed by atoms with Gasteiger partial charge in [0.25, 0.3) is 5.78 Å². The predicted octanol–water partition coefficient (Wildman–Crippen LogP) is 1.88. The van der Waals surface area contributed by atoms with Crippen molar-refractivity contribution in [2.24, 2.45) is 0 Å². The molecule has 1 rings (SSSR count). The number of hydrogen-bond donors (Lipinski definition) is 0. The van der Waals surface area contributed by atoms with Crippen LogP contribution in [0.5, 0.6) is 0 Å². The molecule has 7 heteroatoms. The van der Waals surface area contributed by atoms with Crippen LogP contribution in [0.4, 0.5) is 13.2 Å². The summed E-state index contributed by atoms with van der Waals surface area (Å²) in [5.41, 5.74) is -0.767. The van der Waals surface area contributed by atoms with Gasteiger partial charge in [-0.05, 0) is 0 Å². The second-order valence-electron chi connectivity index (χ2n) is 2.05. The monoisotopic (exact) mass is 210 g/mol. The number of rotatable bonds is 1. The minimum Gasteiger partial charge on any atom is -0.282 e. The first kappa shape index (κ1) is 9.91. The number of hydrogen-bond acceptors (Lipinski definition) is 3. The van der Waals surface area contributed by atoms with Crippen LogP contribution in [0, 0.1) is 0 Å². The normalized spacial score (nSPS) is 11.4. The molecular weight excluding hydrogens is 209 g/mol. The number of halogens is 4. The Labute approximate surface area is 75.6 Å². The van der Waals surface area contributed by atoms with Crippen LogP contribution in [-0.4, -0.2) is 21.9 Å². The molecule has 0 aliphatic heterocycles. The van der Waals surface area contributed by atoms with E-state index in [0.717, 1.165) is 6.20 Å². The maximum Gasteiger partial charge on any atom is 0.456 e. The molecule has 0 N–H and O–H groups in total. The van der Waals surface area contributed by atoms with Gasteiger partial charge in [-0.25, -0.2) is 9.97 Å². The van der Waals surface area contributed by atoms with Crippen LogP contribution in [0.15, 0.2) is 12.4 Å². The van der Waals surface area contributed by atoms with E-state index in [0.29, 0.717) is 6.20 Å². The van der Waals surface area contributed by atoms with Crippen LogP contribution in [-0.2, 0) is 0 Å². The molecule has 0 saturated carbocycles. The van der Waals surface area contributed by atoms with Gasteiger partial charge in [0.05, 0.1) is 12.4 Å². The summed E-state index contributed by atoms with van der Waals surface area (Å²) in [6.45, 7) is 0. The molecule has 1 heterocycles. The molecule has 0 unspecified atom stereocenters. The zero-order chi connectivity index (χ0) is 10.1. The summed E-state index contributed by atoms with van der Waals surface area (Å²) in [5.74, 6) is -2.03. The van der Waals surface area contributed by atoms with Crippen molar-refractivity contribution >= 4 is 17.4 Å². The summed E-state index contributed by atoms with van der Waals surface area (Å²) in [6, 6.07) is 0. The first-order valence-corrected chi connectivity index (χ1v) is 3.38. The Bertz CT molecular complexity index is 322. The quantitative estimate of drug-likeness (QED) is 0.665. The smallest absolute Gasteiger partial charge is 0.282 e. The highest BCUT2D eigenvalue weighted by atomic mass is 35.5. The van der Waals surface area contributed by atoms with Crippen LogP contribution in [0.3, 0.4) is 0 Å². The molecule has 0 radical (unpaired) electrons. The molecule has 0 aliphatic carbocycles. The van der Waals surface area contributed by atoms with Gasteiger partial charge in [-0.15, -0.1) is 0 Å². The largest absolute Gasteiger partial charge is 0.456 e. The van der Waals surface area contributed by atoms with E-state index in [9.17, 15) is 18.0 Å². The second kappa shape index (κ2) is 3.29. The Balaban J connectivity index is 2.97. The first-order chi connectivity index (χ1) is 5.91. The topological polar surface area (TPSA) is 42.9 Å². The van der Waals surface area contributed by atoms with Crippen molar-refractivity contribution in [1.29, 1.82) is 0 Å². The Morgan fingerprint density at radius 1 is 1.31 bits per heavy atom. The third-order valence-corrected chi connectivity index (χ3v) is 1.31. The van der Waals surface area contributed by atoms with E-state index in [-0.39, 0.29) is 5.15 Å². The number of aromatic nitrogens is 2. The van der Waals surface area contributed by atoms with Crippen molar-refractivity contribution in [3.63, 3.8) is 0 Å². The zero-order valence-corrected chi connectivity index (χ0v) is 6.73. The Kier molecular flexibility index (Phi) is 2.51. The van der Waals surface area contributed by atoms with Crippen LogP contribution in [0.2, 0.25) is 5.15 Å². The maximum atomic E-state index is 11.8. The van der Waals surface area contributed by atoms with Gasteiger partial charge < -0.3 is 0 Å². The third kappa shape index (κ3) is 2.38. The molecular formula is C6H2ClF3N2O. The van der Waals surface area contributed by atoms with Gasteiger partial charge in [-0.2, -0.15) is 13.2 Å². The lowest BCUT2D eigenvalue weighted by Crippen LogP contribution is -2.23. The Hall–Kier alpha value is -1.17. The molecule has 1 aromatic heterocycles. The second-order valence-corrected chi connectivity index (χ2v) is 2.44. The summed E-state index contributed by atoms with van der Waals surface area (Å²) >= 11 is 5.26. The van der Waals surface area contributed by atoms with E-state index in [1.165, 1.54) is 0 Å². The summed E-state index contributed by atoms with van der Waals surface area (Å²) < 4.78 is 35.4. The van der Waals surface area contributed by atoms with Crippen LogP contribution in [0.25, 0.3) is 0 Å². The van der Waals surface area contributed by atoms with Crippen molar-refractivity contribution in [2.75, 3.05) is 0 Å². The minimum absolute atomic E-state index is 0.0706. The number of carbonyl (C=O) groups is 1. The van der Waals surface area contributed by atoms with E-state index in [1.807, 2.05) is 0 Å². The number of alkyl halides is 3. The first-order valence-electron chi connectivity index (χ1n) is 3.00. The standard InChI is InChI=1S/C6H2ClF3N2O/c7-4-2-11-3(1-12-4)5(13)6(8,9)10/h1-2H. The molecule has 0 spiro atoms. The lowest BCUT2D eigenvalue weighted by molar-refractivity contribution is -0.0888. The summed E-state index contributed by atoms with van der Waals surface area (Å²) in [6.07, 6.45) is -3.37. The molecule has 0 amide bonds. The Morgan fingerprint density at radius 3 is 2.31 bits per heavy atom. The van der Waals surface area contributed by atoms with Gasteiger partial charge in [0.2, 0.25) is 0 Å². The molecule has 0 fully saturated rings. The summed E-state index contributed by atoms with van der Waals surface area (Å²) in [4.78, 5) is 17.0.